The molecule has 0 aliphatic rings. The third-order valence-electron chi connectivity index (χ3n) is 5.97. The summed E-state index contributed by atoms with van der Waals surface area (Å²) in [6.07, 6.45) is -1.99. The van der Waals surface area contributed by atoms with Crippen LogP contribution in [0.25, 0.3) is 10.8 Å². The molecule has 3 N–H and O–H groups in total. The molecule has 0 saturated carbocycles. The minimum Gasteiger partial charge on any atom is -0.467 e. The molecule has 0 radical (unpaired) electrons. The minimum absolute atomic E-state index is 0.0187. The van der Waals surface area contributed by atoms with E-state index in [1.54, 1.807) is 44.2 Å². The fourth-order valence-electron chi connectivity index (χ4n) is 4.03. The molecule has 3 aromatic rings. The van der Waals surface area contributed by atoms with Gasteiger partial charge in [0.25, 0.3) is 0 Å². The molecule has 9 nitrogen and oxygen atoms in total. The third-order valence-corrected chi connectivity index (χ3v) is 7.11. The SMILES string of the molecule is COC(=O)[C@H](Cc1ccccc1)OP(=O)(O)CNC(=O)[C@@H](NC(=O)Cc1cccc2ccccc12)C(C)C. The van der Waals surface area contributed by atoms with E-state index in [1.807, 2.05) is 42.5 Å². The zero-order chi connectivity index (χ0) is 27.7. The Balaban J connectivity index is 1.61. The van der Waals surface area contributed by atoms with Crippen LogP contribution in [0, 0.1) is 5.92 Å². The van der Waals surface area contributed by atoms with E-state index in [4.69, 9.17) is 9.26 Å². The maximum atomic E-state index is 12.9. The molecule has 2 amide bonds. The Hall–Kier alpha value is -3.52. The smallest absolute Gasteiger partial charge is 0.347 e. The maximum absolute atomic E-state index is 12.9. The third kappa shape index (κ3) is 8.25. The average molecular weight is 541 g/mol. The molecule has 3 rings (SSSR count). The van der Waals surface area contributed by atoms with Crippen molar-refractivity contribution in [2.75, 3.05) is 13.4 Å². The second-order valence-electron chi connectivity index (χ2n) is 9.25. The van der Waals surface area contributed by atoms with Crippen LogP contribution in [-0.4, -0.2) is 48.2 Å². The van der Waals surface area contributed by atoms with Crippen LogP contribution in [0.5, 0.6) is 0 Å². The Morgan fingerprint density at radius 1 is 0.947 bits per heavy atom. The zero-order valence-electron chi connectivity index (χ0n) is 21.6. The molecule has 0 aromatic heterocycles. The lowest BCUT2D eigenvalue weighted by atomic mass is 10.0. The van der Waals surface area contributed by atoms with Crippen LogP contribution in [0.4, 0.5) is 0 Å². The summed E-state index contributed by atoms with van der Waals surface area (Å²) in [4.78, 5) is 48.3. The molecule has 1 unspecified atom stereocenters. The first-order valence-electron chi connectivity index (χ1n) is 12.3. The number of fused-ring (bicyclic) bond motifs is 1. The number of benzene rings is 3. The lowest BCUT2D eigenvalue weighted by Gasteiger charge is -2.24. The zero-order valence-corrected chi connectivity index (χ0v) is 22.5. The summed E-state index contributed by atoms with van der Waals surface area (Å²) in [7, 11) is -3.28. The van der Waals surface area contributed by atoms with Gasteiger partial charge in [0.05, 0.1) is 13.5 Å². The van der Waals surface area contributed by atoms with Gasteiger partial charge in [0.2, 0.25) is 11.8 Å². The summed E-state index contributed by atoms with van der Waals surface area (Å²) >= 11 is 0. The molecule has 0 fully saturated rings. The van der Waals surface area contributed by atoms with Crippen LogP contribution in [0.2, 0.25) is 0 Å². The number of rotatable bonds is 12. The Morgan fingerprint density at radius 3 is 2.29 bits per heavy atom. The van der Waals surface area contributed by atoms with Crippen molar-refractivity contribution in [3.8, 4) is 0 Å². The normalized spacial score (nSPS) is 14.3. The summed E-state index contributed by atoms with van der Waals surface area (Å²) < 4.78 is 22.7. The Labute approximate surface area is 222 Å². The highest BCUT2D eigenvalue weighted by atomic mass is 31.2. The molecule has 0 saturated heterocycles. The summed E-state index contributed by atoms with van der Waals surface area (Å²) in [6, 6.07) is 21.3. The second-order valence-corrected chi connectivity index (χ2v) is 11.0. The number of amides is 2. The van der Waals surface area contributed by atoms with Gasteiger partial charge in [-0.3, -0.25) is 18.7 Å². The van der Waals surface area contributed by atoms with Gasteiger partial charge >= 0.3 is 13.6 Å². The van der Waals surface area contributed by atoms with Crippen LogP contribution in [0.3, 0.4) is 0 Å². The molecule has 38 heavy (non-hydrogen) atoms. The van der Waals surface area contributed by atoms with Crippen molar-refractivity contribution in [3.63, 3.8) is 0 Å². The van der Waals surface area contributed by atoms with E-state index < -0.39 is 37.9 Å². The van der Waals surface area contributed by atoms with E-state index in [1.165, 1.54) is 0 Å². The number of ether oxygens (including phenoxy) is 1. The van der Waals surface area contributed by atoms with Crippen molar-refractivity contribution < 1.29 is 33.1 Å². The van der Waals surface area contributed by atoms with Gasteiger partial charge in [-0.05, 0) is 27.8 Å². The first-order chi connectivity index (χ1) is 18.1. The van der Waals surface area contributed by atoms with Crippen LogP contribution >= 0.6 is 7.60 Å². The van der Waals surface area contributed by atoms with E-state index >= 15 is 0 Å². The Bertz CT molecular complexity index is 1310. The largest absolute Gasteiger partial charge is 0.467 e. The fraction of sp³-hybridized carbons (Fsp3) is 0.321. The quantitative estimate of drug-likeness (QED) is 0.236. The minimum atomic E-state index is -4.44. The lowest BCUT2D eigenvalue weighted by Crippen LogP contribution is -2.50. The standard InChI is InChI=1S/C28H33N2O7P/c1-19(2)26(30-25(31)17-22-14-9-13-21-12-7-8-15-23(21)22)27(32)29-18-38(34,35)37-24(28(33)36-3)16-20-10-5-4-6-11-20/h4-15,19,24,26H,16-18H2,1-3H3,(H,29,32)(H,30,31)(H,34,35)/t24-,26-/m0/s1. The van der Waals surface area contributed by atoms with Crippen molar-refractivity contribution in [2.24, 2.45) is 5.92 Å². The predicted octanol–water partition coefficient (Wildman–Crippen LogP) is 3.58. The number of hydrogen-bond donors (Lipinski definition) is 3. The maximum Gasteiger partial charge on any atom is 0.347 e. The van der Waals surface area contributed by atoms with Crippen molar-refractivity contribution in [2.45, 2.75) is 38.8 Å². The van der Waals surface area contributed by atoms with Crippen molar-refractivity contribution in [1.29, 1.82) is 0 Å². The molecule has 202 valence electrons. The number of methoxy groups -OCH3 is 1. The summed E-state index contributed by atoms with van der Waals surface area (Å²) in [6.45, 7) is 3.51. The first kappa shape index (κ1) is 29.0. The van der Waals surface area contributed by atoms with Crippen molar-refractivity contribution >= 4 is 36.2 Å². The van der Waals surface area contributed by atoms with E-state index in [0.717, 1.165) is 23.4 Å². The monoisotopic (exact) mass is 540 g/mol. The molecular formula is C28H33N2O7P. The first-order valence-corrected chi connectivity index (χ1v) is 14.0. The van der Waals surface area contributed by atoms with Crippen molar-refractivity contribution in [1.82, 2.24) is 10.6 Å². The van der Waals surface area contributed by atoms with Gasteiger partial charge in [-0.15, -0.1) is 0 Å². The highest BCUT2D eigenvalue weighted by Crippen LogP contribution is 2.42. The van der Waals surface area contributed by atoms with Gasteiger partial charge in [0, 0.05) is 6.42 Å². The molecule has 0 spiro atoms. The molecule has 0 aliphatic heterocycles. The average Bonchev–Trinajstić information content (AvgIpc) is 2.90. The topological polar surface area (TPSA) is 131 Å². The molecule has 0 heterocycles. The van der Waals surface area contributed by atoms with Crippen LogP contribution in [0.1, 0.15) is 25.0 Å². The molecule has 0 bridgehead atoms. The van der Waals surface area contributed by atoms with Gasteiger partial charge in [-0.2, -0.15) is 0 Å². The van der Waals surface area contributed by atoms with Gasteiger partial charge in [-0.25, -0.2) is 4.79 Å². The molecule has 0 aliphatic carbocycles. The Kier molecular flexibility index (Phi) is 10.2. The highest BCUT2D eigenvalue weighted by Gasteiger charge is 2.33. The van der Waals surface area contributed by atoms with E-state index in [0.29, 0.717) is 5.56 Å². The number of nitrogens with one attached hydrogen (secondary N) is 2. The lowest BCUT2D eigenvalue weighted by molar-refractivity contribution is -0.149. The number of carbonyl (C=O) groups is 3. The predicted molar refractivity (Wildman–Crippen MR) is 144 cm³/mol. The molecular weight excluding hydrogens is 507 g/mol. The number of carbonyl (C=O) groups excluding carboxylic acids is 3. The highest BCUT2D eigenvalue weighted by molar-refractivity contribution is 7.52. The van der Waals surface area contributed by atoms with Crippen LogP contribution < -0.4 is 10.6 Å². The fourth-order valence-corrected chi connectivity index (χ4v) is 5.01. The molecule has 3 aromatic carbocycles. The van der Waals surface area contributed by atoms with E-state index in [2.05, 4.69) is 10.6 Å². The van der Waals surface area contributed by atoms with Gasteiger partial charge in [-0.1, -0.05) is 86.6 Å². The van der Waals surface area contributed by atoms with E-state index in [9.17, 15) is 23.8 Å². The number of esters is 1. The van der Waals surface area contributed by atoms with Crippen LogP contribution in [-0.2, 0) is 41.1 Å². The van der Waals surface area contributed by atoms with Crippen LogP contribution in [0.15, 0.2) is 72.8 Å². The van der Waals surface area contributed by atoms with Gasteiger partial charge in [0.1, 0.15) is 12.3 Å². The Morgan fingerprint density at radius 2 is 1.61 bits per heavy atom. The number of hydrogen-bond acceptors (Lipinski definition) is 6. The van der Waals surface area contributed by atoms with Gasteiger partial charge < -0.3 is 20.3 Å². The second kappa shape index (κ2) is 13.3. The van der Waals surface area contributed by atoms with Gasteiger partial charge in [0.15, 0.2) is 6.10 Å². The molecule has 10 heteroatoms. The van der Waals surface area contributed by atoms with E-state index in [-0.39, 0.29) is 24.7 Å². The summed E-state index contributed by atoms with van der Waals surface area (Å²) in [5.74, 6) is -2.10. The summed E-state index contributed by atoms with van der Waals surface area (Å²) in [5, 5.41) is 7.07. The van der Waals surface area contributed by atoms with Crippen molar-refractivity contribution in [3.05, 3.63) is 83.9 Å². The summed E-state index contributed by atoms with van der Waals surface area (Å²) in [5.41, 5.74) is 1.53. The molecule has 3 atom stereocenters.